The minimum absolute atomic E-state index is 0.0895. The van der Waals surface area contributed by atoms with Crippen molar-refractivity contribution in [2.75, 3.05) is 20.8 Å². The monoisotopic (exact) mass is 329 g/mol. The van der Waals surface area contributed by atoms with Crippen LogP contribution in [0.2, 0.25) is 0 Å². The van der Waals surface area contributed by atoms with Crippen LogP contribution in [-0.4, -0.2) is 38.7 Å². The molecule has 1 rings (SSSR count). The minimum Gasteiger partial charge on any atom is -0.467 e. The van der Waals surface area contributed by atoms with Crippen LogP contribution in [0.5, 0.6) is 0 Å². The maximum absolute atomic E-state index is 11.6. The van der Waals surface area contributed by atoms with Crippen LogP contribution >= 0.6 is 15.9 Å². The Morgan fingerprint density at radius 2 is 1.89 bits per heavy atom. The van der Waals surface area contributed by atoms with Crippen LogP contribution in [0.3, 0.4) is 0 Å². The van der Waals surface area contributed by atoms with Gasteiger partial charge in [-0.3, -0.25) is 4.79 Å². The average molecular weight is 330 g/mol. The number of rotatable bonds is 6. The molecule has 0 bridgehead atoms. The number of nitrogens with one attached hydrogen (secondary N) is 1. The second-order valence-corrected chi connectivity index (χ2v) is 4.82. The van der Waals surface area contributed by atoms with Gasteiger partial charge in [0.25, 0.3) is 0 Å². The van der Waals surface area contributed by atoms with Gasteiger partial charge in [0, 0.05) is 18.0 Å². The molecule has 1 aromatic carbocycles. The van der Waals surface area contributed by atoms with E-state index < -0.39 is 12.0 Å². The Hall–Kier alpha value is -1.40. The Bertz CT molecular complexity index is 433. The van der Waals surface area contributed by atoms with Crippen LogP contribution < -0.4 is 5.32 Å². The second-order valence-electron chi connectivity index (χ2n) is 3.91. The van der Waals surface area contributed by atoms with Crippen molar-refractivity contribution in [2.45, 2.75) is 12.5 Å². The smallest absolute Gasteiger partial charge is 0.328 e. The Morgan fingerprint density at radius 1 is 1.26 bits per heavy atom. The molecule has 0 fully saturated rings. The Labute approximate surface area is 120 Å². The first-order valence-electron chi connectivity index (χ1n) is 5.67. The van der Waals surface area contributed by atoms with E-state index in [0.29, 0.717) is 6.42 Å². The van der Waals surface area contributed by atoms with Gasteiger partial charge in [-0.2, -0.15) is 0 Å². The summed E-state index contributed by atoms with van der Waals surface area (Å²) in [5.74, 6) is -0.831. The molecule has 0 aromatic heterocycles. The van der Waals surface area contributed by atoms with E-state index >= 15 is 0 Å². The predicted octanol–water partition coefficient (Wildman–Crippen LogP) is 1.30. The summed E-state index contributed by atoms with van der Waals surface area (Å²) >= 11 is 3.34. The van der Waals surface area contributed by atoms with Crippen molar-refractivity contribution in [3.8, 4) is 0 Å². The first-order valence-corrected chi connectivity index (χ1v) is 6.46. The number of carbonyl (C=O) groups excluding carboxylic acids is 2. The lowest BCUT2D eigenvalue weighted by Gasteiger charge is -2.16. The van der Waals surface area contributed by atoms with Gasteiger partial charge in [-0.1, -0.05) is 28.1 Å². The molecule has 19 heavy (non-hydrogen) atoms. The summed E-state index contributed by atoms with van der Waals surface area (Å²) < 4.78 is 10.4. The molecule has 0 spiro atoms. The zero-order valence-corrected chi connectivity index (χ0v) is 12.4. The van der Waals surface area contributed by atoms with Crippen LogP contribution in [0.15, 0.2) is 28.7 Å². The van der Waals surface area contributed by atoms with Crippen molar-refractivity contribution in [3.05, 3.63) is 34.3 Å². The molecule has 0 saturated carbocycles. The lowest BCUT2D eigenvalue weighted by molar-refractivity contribution is -0.145. The average Bonchev–Trinajstić information content (AvgIpc) is 2.40. The van der Waals surface area contributed by atoms with Gasteiger partial charge in [-0.15, -0.1) is 0 Å². The molecule has 0 aliphatic heterocycles. The first-order chi connectivity index (χ1) is 9.06. The molecular weight excluding hydrogens is 314 g/mol. The fraction of sp³-hybridized carbons (Fsp3) is 0.385. The molecule has 1 amide bonds. The molecule has 1 aromatic rings. The number of amides is 1. The second kappa shape index (κ2) is 7.91. The fourth-order valence-electron chi connectivity index (χ4n) is 1.56. The highest BCUT2D eigenvalue weighted by molar-refractivity contribution is 9.10. The van der Waals surface area contributed by atoms with Crippen LogP contribution in [-0.2, 0) is 25.5 Å². The highest BCUT2D eigenvalue weighted by atomic mass is 79.9. The quantitative estimate of drug-likeness (QED) is 0.799. The third kappa shape index (κ3) is 5.40. The zero-order valence-electron chi connectivity index (χ0n) is 10.8. The molecule has 0 heterocycles. The van der Waals surface area contributed by atoms with Crippen LogP contribution in [0, 0.1) is 0 Å². The first kappa shape index (κ1) is 15.7. The van der Waals surface area contributed by atoms with E-state index in [4.69, 9.17) is 4.74 Å². The molecule has 0 unspecified atom stereocenters. The Morgan fingerprint density at radius 3 is 2.42 bits per heavy atom. The van der Waals surface area contributed by atoms with E-state index in [1.165, 1.54) is 14.2 Å². The van der Waals surface area contributed by atoms with E-state index in [0.717, 1.165) is 10.0 Å². The third-order valence-corrected chi connectivity index (χ3v) is 2.98. The van der Waals surface area contributed by atoms with Gasteiger partial charge in [0.1, 0.15) is 12.6 Å². The normalized spacial score (nSPS) is 11.7. The predicted molar refractivity (Wildman–Crippen MR) is 73.7 cm³/mol. The van der Waals surface area contributed by atoms with E-state index in [1.807, 2.05) is 24.3 Å². The molecule has 0 aliphatic carbocycles. The number of carbonyl (C=O) groups is 2. The summed E-state index contributed by atoms with van der Waals surface area (Å²) in [4.78, 5) is 23.1. The number of halogens is 1. The lowest BCUT2D eigenvalue weighted by Crippen LogP contribution is -2.44. The van der Waals surface area contributed by atoms with Crippen molar-refractivity contribution in [2.24, 2.45) is 0 Å². The number of ether oxygens (including phenoxy) is 2. The summed E-state index contributed by atoms with van der Waals surface area (Å²) in [7, 11) is 2.71. The van der Waals surface area contributed by atoms with Gasteiger partial charge in [0.05, 0.1) is 7.11 Å². The van der Waals surface area contributed by atoms with Gasteiger partial charge < -0.3 is 14.8 Å². The zero-order chi connectivity index (χ0) is 14.3. The summed E-state index contributed by atoms with van der Waals surface area (Å²) in [5, 5.41) is 2.58. The molecule has 1 atom stereocenters. The van der Waals surface area contributed by atoms with Crippen molar-refractivity contribution < 1.29 is 19.1 Å². The highest BCUT2D eigenvalue weighted by Gasteiger charge is 2.21. The summed E-state index contributed by atoms with van der Waals surface area (Å²) in [5.41, 5.74) is 0.927. The molecule has 0 radical (unpaired) electrons. The number of hydrogen-bond donors (Lipinski definition) is 1. The van der Waals surface area contributed by atoms with Gasteiger partial charge in [-0.05, 0) is 17.7 Å². The Kier molecular flexibility index (Phi) is 6.52. The summed E-state index contributed by atoms with van der Waals surface area (Å²) in [6.07, 6.45) is 0.370. The van der Waals surface area contributed by atoms with Crippen molar-refractivity contribution in [1.29, 1.82) is 0 Å². The maximum Gasteiger partial charge on any atom is 0.328 e. The van der Waals surface area contributed by atoms with Crippen LogP contribution in [0.1, 0.15) is 5.56 Å². The van der Waals surface area contributed by atoms with E-state index in [2.05, 4.69) is 26.0 Å². The molecule has 0 saturated heterocycles. The molecule has 0 aliphatic rings. The van der Waals surface area contributed by atoms with Gasteiger partial charge >= 0.3 is 5.97 Å². The van der Waals surface area contributed by atoms with Gasteiger partial charge in [-0.25, -0.2) is 4.79 Å². The summed E-state index contributed by atoms with van der Waals surface area (Å²) in [6.45, 7) is -0.0895. The Balaban J connectivity index is 2.71. The van der Waals surface area contributed by atoms with Gasteiger partial charge in [0.2, 0.25) is 5.91 Å². The highest BCUT2D eigenvalue weighted by Crippen LogP contribution is 2.12. The van der Waals surface area contributed by atoms with Crippen molar-refractivity contribution in [3.63, 3.8) is 0 Å². The van der Waals surface area contributed by atoms with Crippen LogP contribution in [0.4, 0.5) is 0 Å². The third-order valence-electron chi connectivity index (χ3n) is 2.45. The molecule has 1 N–H and O–H groups in total. The molecule has 104 valence electrons. The standard InChI is InChI=1S/C13H16BrNO4/c1-18-8-12(16)15-11(13(17)19-2)7-9-3-5-10(14)6-4-9/h3-6,11H,7-8H2,1-2H3,(H,15,16)/t11-/m1/s1. The minimum atomic E-state index is -0.714. The molecule has 5 nitrogen and oxygen atoms in total. The SMILES string of the molecule is COCC(=O)N[C@H](Cc1ccc(Br)cc1)C(=O)OC. The van der Waals surface area contributed by atoms with E-state index in [9.17, 15) is 9.59 Å². The fourth-order valence-corrected chi connectivity index (χ4v) is 1.82. The van der Waals surface area contributed by atoms with Crippen LogP contribution in [0.25, 0.3) is 0 Å². The summed E-state index contributed by atoms with van der Waals surface area (Å²) in [6, 6.07) is 6.79. The number of esters is 1. The largest absolute Gasteiger partial charge is 0.467 e. The topological polar surface area (TPSA) is 64.6 Å². The van der Waals surface area contributed by atoms with Crippen molar-refractivity contribution in [1.82, 2.24) is 5.32 Å². The number of methoxy groups -OCH3 is 2. The van der Waals surface area contributed by atoms with E-state index in [1.54, 1.807) is 0 Å². The number of hydrogen-bond acceptors (Lipinski definition) is 4. The lowest BCUT2D eigenvalue weighted by atomic mass is 10.1. The maximum atomic E-state index is 11.6. The molecule has 6 heteroatoms. The van der Waals surface area contributed by atoms with E-state index in [-0.39, 0.29) is 12.5 Å². The van der Waals surface area contributed by atoms with Crippen molar-refractivity contribution >= 4 is 27.8 Å². The molecular formula is C13H16BrNO4. The van der Waals surface area contributed by atoms with Gasteiger partial charge in [0.15, 0.2) is 0 Å². The number of benzene rings is 1.